The number of alkyl halides is 3. The molecule has 0 saturated heterocycles. The first-order valence-corrected chi connectivity index (χ1v) is 13.1. The van der Waals surface area contributed by atoms with Crippen molar-refractivity contribution in [3.05, 3.63) is 82.3 Å². The monoisotopic (exact) mass is 541 g/mol. The minimum absolute atomic E-state index is 0.169. The van der Waals surface area contributed by atoms with Crippen LogP contribution >= 0.6 is 11.8 Å². The average Bonchev–Trinajstić information content (AvgIpc) is 3.40. The lowest BCUT2D eigenvalue weighted by atomic mass is 10.0. The Kier molecular flexibility index (Phi) is 6.87. The molecular formula is C27H24F3N4O3S+. The van der Waals surface area contributed by atoms with E-state index in [1.807, 2.05) is 6.92 Å². The fourth-order valence-electron chi connectivity index (χ4n) is 4.43. The van der Waals surface area contributed by atoms with Crippen molar-refractivity contribution < 1.29 is 27.1 Å². The van der Waals surface area contributed by atoms with Crippen molar-refractivity contribution in [2.45, 2.75) is 44.2 Å². The largest absolute Gasteiger partial charge is 0.452 e. The van der Waals surface area contributed by atoms with Crippen LogP contribution in [-0.2, 0) is 11.0 Å². The number of H-pyrrole nitrogens is 1. The van der Waals surface area contributed by atoms with E-state index in [1.54, 1.807) is 43.3 Å². The number of anilines is 1. The smallest absolute Gasteiger partial charge is 0.416 e. The van der Waals surface area contributed by atoms with Gasteiger partial charge in [-0.2, -0.15) is 13.2 Å². The molecule has 4 aromatic rings. The molecule has 1 amide bonds. The molecule has 1 N–H and O–H groups in total. The van der Waals surface area contributed by atoms with Crippen LogP contribution in [0.25, 0.3) is 22.6 Å². The molecule has 1 aliphatic heterocycles. The molecule has 11 heteroatoms. The molecule has 5 rings (SSSR count). The van der Waals surface area contributed by atoms with Gasteiger partial charge >= 0.3 is 23.6 Å². The van der Waals surface area contributed by atoms with Gasteiger partial charge in [0.1, 0.15) is 5.76 Å². The number of carbonyl (C=O) groups excluding carboxylic acids is 1. The molecule has 1 atom stereocenters. The van der Waals surface area contributed by atoms with Gasteiger partial charge < -0.3 is 4.42 Å². The summed E-state index contributed by atoms with van der Waals surface area (Å²) >= 11 is 1.38. The van der Waals surface area contributed by atoms with Crippen molar-refractivity contribution >= 4 is 23.4 Å². The summed E-state index contributed by atoms with van der Waals surface area (Å²) in [5.41, 5.74) is 0.373. The van der Waals surface area contributed by atoms with Gasteiger partial charge in [0.2, 0.25) is 11.1 Å². The number of nitrogens with one attached hydrogen (secondary N) is 1. The highest BCUT2D eigenvalue weighted by atomic mass is 32.2. The second-order valence-corrected chi connectivity index (χ2v) is 9.77. The quantitative estimate of drug-likeness (QED) is 0.246. The number of aromatic amines is 1. The van der Waals surface area contributed by atoms with E-state index < -0.39 is 17.9 Å². The molecular weight excluding hydrogens is 517 g/mol. The highest BCUT2D eigenvalue weighted by molar-refractivity contribution is 7.99. The molecule has 0 bridgehead atoms. The molecule has 0 spiro atoms. The zero-order valence-electron chi connectivity index (χ0n) is 20.6. The number of amides is 1. The van der Waals surface area contributed by atoms with Gasteiger partial charge in [-0.25, -0.2) is 4.90 Å². The third kappa shape index (κ3) is 4.62. The lowest BCUT2D eigenvalue weighted by Gasteiger charge is -2.30. The Bertz CT molecular complexity index is 1560. The first kappa shape index (κ1) is 25.8. The van der Waals surface area contributed by atoms with Crippen LogP contribution in [0.5, 0.6) is 0 Å². The minimum Gasteiger partial charge on any atom is -0.452 e. The molecule has 0 radical (unpaired) electrons. The maximum absolute atomic E-state index is 13.3. The Morgan fingerprint density at radius 3 is 2.66 bits per heavy atom. The molecule has 0 aliphatic carbocycles. The van der Waals surface area contributed by atoms with E-state index >= 15 is 0 Å². The Morgan fingerprint density at radius 2 is 1.92 bits per heavy atom. The Hall–Kier alpha value is -3.86. The predicted molar refractivity (Wildman–Crippen MR) is 137 cm³/mol. The molecule has 2 aromatic heterocycles. The van der Waals surface area contributed by atoms with Crippen LogP contribution in [0.15, 0.2) is 75.0 Å². The van der Waals surface area contributed by atoms with Gasteiger partial charge in [0.25, 0.3) is 0 Å². The Balaban J connectivity index is 1.70. The van der Waals surface area contributed by atoms with Crippen LogP contribution in [-0.4, -0.2) is 21.7 Å². The second-order valence-electron chi connectivity index (χ2n) is 8.69. The van der Waals surface area contributed by atoms with Gasteiger partial charge in [-0.15, -0.1) is 0 Å². The molecule has 196 valence electrons. The van der Waals surface area contributed by atoms with Crippen molar-refractivity contribution in [3.63, 3.8) is 0 Å². The number of benzene rings is 2. The number of carbonyl (C=O) groups is 1. The highest BCUT2D eigenvalue weighted by Crippen LogP contribution is 2.39. The third-order valence-electron chi connectivity index (χ3n) is 6.13. The van der Waals surface area contributed by atoms with Gasteiger partial charge in [0.05, 0.1) is 16.8 Å². The molecule has 38 heavy (non-hydrogen) atoms. The number of nitrogens with zero attached hydrogens (tertiary/aromatic N) is 3. The number of rotatable bonds is 6. The molecule has 2 aromatic carbocycles. The van der Waals surface area contributed by atoms with Crippen molar-refractivity contribution in [3.8, 4) is 22.6 Å². The number of fused-ring (bicyclic) bond motifs is 3. The van der Waals surface area contributed by atoms with E-state index in [1.165, 1.54) is 33.5 Å². The lowest BCUT2D eigenvalue weighted by molar-refractivity contribution is -0.764. The number of para-hydroxylation sites is 1. The van der Waals surface area contributed by atoms with E-state index in [4.69, 9.17) is 4.42 Å². The first-order valence-electron chi connectivity index (χ1n) is 12.1. The zero-order valence-corrected chi connectivity index (χ0v) is 21.4. The van der Waals surface area contributed by atoms with E-state index in [0.29, 0.717) is 16.4 Å². The van der Waals surface area contributed by atoms with Crippen molar-refractivity contribution in [1.82, 2.24) is 10.1 Å². The predicted octanol–water partition coefficient (Wildman–Crippen LogP) is 5.81. The van der Waals surface area contributed by atoms with Crippen molar-refractivity contribution in [2.75, 3.05) is 10.7 Å². The van der Waals surface area contributed by atoms with Crippen LogP contribution in [0, 0.1) is 0 Å². The summed E-state index contributed by atoms with van der Waals surface area (Å²) in [6.45, 7) is 3.74. The number of halogens is 3. The third-order valence-corrected chi connectivity index (χ3v) is 7.20. The molecule has 1 aliphatic rings. The molecule has 7 nitrogen and oxygen atoms in total. The molecule has 3 heterocycles. The van der Waals surface area contributed by atoms with E-state index in [0.717, 1.165) is 24.3 Å². The summed E-state index contributed by atoms with van der Waals surface area (Å²) in [6, 6.07) is 15.0. The van der Waals surface area contributed by atoms with Gasteiger partial charge in [-0.3, -0.25) is 14.6 Å². The number of furan rings is 1. The Labute approximate surface area is 220 Å². The summed E-state index contributed by atoms with van der Waals surface area (Å²) in [6.07, 6.45) is -4.44. The van der Waals surface area contributed by atoms with Crippen LogP contribution in [0.1, 0.15) is 44.2 Å². The lowest BCUT2D eigenvalue weighted by Crippen LogP contribution is -2.60. The average molecular weight is 542 g/mol. The fourth-order valence-corrected chi connectivity index (χ4v) is 5.14. The van der Waals surface area contributed by atoms with Gasteiger partial charge in [0, 0.05) is 22.8 Å². The Morgan fingerprint density at radius 1 is 1.13 bits per heavy atom. The first-order chi connectivity index (χ1) is 18.2. The normalized spacial score (nSPS) is 14.8. The van der Waals surface area contributed by atoms with Gasteiger partial charge in [0.15, 0.2) is 5.76 Å². The van der Waals surface area contributed by atoms with Crippen molar-refractivity contribution in [1.29, 1.82) is 0 Å². The molecule has 1 unspecified atom stereocenters. The fraction of sp³-hybridized carbons (Fsp3) is 0.259. The van der Waals surface area contributed by atoms with Crippen LogP contribution in [0.4, 0.5) is 18.9 Å². The van der Waals surface area contributed by atoms with Crippen LogP contribution in [0.3, 0.4) is 0 Å². The SMILES string of the molecule is CCCSc1n[n+]2c(c(=O)[nH]1)-c1ccccc1N(C(=O)CC)C2c1ccc(-c2cccc(C(F)(F)F)c2)o1. The summed E-state index contributed by atoms with van der Waals surface area (Å²) in [4.78, 5) is 31.0. The highest BCUT2D eigenvalue weighted by Gasteiger charge is 2.47. The summed E-state index contributed by atoms with van der Waals surface area (Å²) in [5, 5.41) is 5.07. The summed E-state index contributed by atoms with van der Waals surface area (Å²) < 4.78 is 47.5. The summed E-state index contributed by atoms with van der Waals surface area (Å²) in [7, 11) is 0. The van der Waals surface area contributed by atoms with Crippen molar-refractivity contribution in [2.24, 2.45) is 0 Å². The zero-order chi connectivity index (χ0) is 27.0. The number of hydrogen-bond donors (Lipinski definition) is 1. The summed E-state index contributed by atoms with van der Waals surface area (Å²) in [5.74, 6) is 0.940. The van der Waals surface area contributed by atoms with Gasteiger partial charge in [-0.1, -0.05) is 49.9 Å². The number of hydrogen-bond acceptors (Lipinski definition) is 5. The van der Waals surface area contributed by atoms with Crippen LogP contribution in [0.2, 0.25) is 0 Å². The van der Waals surface area contributed by atoms with Gasteiger partial charge in [-0.05, 0) is 47.5 Å². The van der Waals surface area contributed by atoms with E-state index in [2.05, 4.69) is 10.1 Å². The van der Waals surface area contributed by atoms with E-state index in [-0.39, 0.29) is 40.7 Å². The maximum Gasteiger partial charge on any atom is 0.416 e. The maximum atomic E-state index is 13.3. The molecule has 0 fully saturated rings. The topological polar surface area (TPSA) is 83.1 Å². The molecule has 0 saturated carbocycles. The van der Waals surface area contributed by atoms with E-state index in [9.17, 15) is 22.8 Å². The van der Waals surface area contributed by atoms with Crippen LogP contribution < -0.4 is 15.1 Å². The standard InChI is InChI=1S/C27H23F3N4O3S/c1-3-14-38-26-31-24(36)23-18-10-5-6-11-19(18)33(22(35)4-2)25(34(23)32-26)21-13-12-20(37-21)16-8-7-9-17(15-16)27(28,29)30/h5-13,15,25H,3-4,14H2,1-2H3/p+1. The second kappa shape index (κ2) is 10.1. The minimum atomic E-state index is -4.50. The number of thioether (sulfide) groups is 1. The number of aromatic nitrogens is 3.